The molecular weight excluding hydrogens is 449 g/mol. The van der Waals surface area contributed by atoms with E-state index in [2.05, 4.69) is 31.1 Å². The number of carbonyl (C=O) groups excluding carboxylic acids is 2. The molecule has 4 atom stereocenters. The van der Waals surface area contributed by atoms with E-state index in [4.69, 9.17) is 9.47 Å². The molecule has 1 unspecified atom stereocenters. The van der Waals surface area contributed by atoms with Gasteiger partial charge in [-0.25, -0.2) is 4.39 Å². The van der Waals surface area contributed by atoms with Gasteiger partial charge in [-0.15, -0.1) is 0 Å². The van der Waals surface area contributed by atoms with E-state index in [1.54, 1.807) is 12.1 Å². The second-order valence-electron chi connectivity index (χ2n) is 11.0. The molecule has 0 radical (unpaired) electrons. The number of hydrogen-bond acceptors (Lipinski definition) is 5. The van der Waals surface area contributed by atoms with Crippen LogP contribution in [0.2, 0.25) is 0 Å². The van der Waals surface area contributed by atoms with E-state index >= 15 is 4.39 Å². The summed E-state index contributed by atoms with van der Waals surface area (Å²) in [5.74, 6) is -0.878. The minimum absolute atomic E-state index is 0.114. The lowest BCUT2D eigenvalue weighted by Gasteiger charge is -2.40. The fourth-order valence-corrected chi connectivity index (χ4v) is 6.02. The minimum atomic E-state index is -0.595. The highest BCUT2D eigenvalue weighted by atomic mass is 19.1. The zero-order valence-corrected chi connectivity index (χ0v) is 20.7. The molecule has 0 spiro atoms. The van der Waals surface area contributed by atoms with E-state index in [1.807, 2.05) is 0 Å². The minimum Gasteiger partial charge on any atom is -0.376 e. The normalized spacial score (nSPS) is 30.8. The van der Waals surface area contributed by atoms with Gasteiger partial charge in [0.25, 0.3) is 5.91 Å². The van der Waals surface area contributed by atoms with Gasteiger partial charge >= 0.3 is 0 Å². The highest BCUT2D eigenvalue weighted by Crippen LogP contribution is 2.33. The van der Waals surface area contributed by atoms with Crippen LogP contribution in [0, 0.1) is 5.82 Å². The number of hydrogen-bond donors (Lipinski definition) is 2. The molecule has 2 N–H and O–H groups in total. The maximum atomic E-state index is 15.7. The molecular formula is C27H36FN3O4. The first kappa shape index (κ1) is 24.4. The largest absolute Gasteiger partial charge is 0.376 e. The van der Waals surface area contributed by atoms with Crippen molar-refractivity contribution < 1.29 is 23.5 Å². The van der Waals surface area contributed by atoms with Crippen molar-refractivity contribution in [3.05, 3.63) is 46.9 Å². The fraction of sp³-hybridized carbons (Fsp3) is 0.630. The number of benzene rings is 1. The van der Waals surface area contributed by atoms with Crippen molar-refractivity contribution in [1.82, 2.24) is 15.5 Å². The van der Waals surface area contributed by atoms with Crippen molar-refractivity contribution in [1.29, 1.82) is 0 Å². The predicted octanol–water partition coefficient (Wildman–Crippen LogP) is 3.21. The van der Waals surface area contributed by atoms with E-state index in [-0.39, 0.29) is 41.9 Å². The molecule has 0 saturated carbocycles. The maximum absolute atomic E-state index is 15.7. The van der Waals surface area contributed by atoms with Crippen molar-refractivity contribution >= 4 is 11.8 Å². The van der Waals surface area contributed by atoms with Gasteiger partial charge in [0.15, 0.2) is 0 Å². The third kappa shape index (κ3) is 5.01. The van der Waals surface area contributed by atoms with Crippen LogP contribution in [0.15, 0.2) is 24.4 Å². The predicted molar refractivity (Wildman–Crippen MR) is 129 cm³/mol. The van der Waals surface area contributed by atoms with Crippen LogP contribution in [0.25, 0.3) is 0 Å². The summed E-state index contributed by atoms with van der Waals surface area (Å²) < 4.78 is 27.7. The third-order valence-corrected chi connectivity index (χ3v) is 7.85. The highest BCUT2D eigenvalue weighted by Gasteiger charge is 2.40. The van der Waals surface area contributed by atoms with Gasteiger partial charge in [-0.05, 0) is 64.0 Å². The highest BCUT2D eigenvalue weighted by molar-refractivity contribution is 6.01. The van der Waals surface area contributed by atoms with Crippen LogP contribution in [0.1, 0.15) is 73.9 Å². The summed E-state index contributed by atoms with van der Waals surface area (Å²) in [6.45, 7) is 9.55. The van der Waals surface area contributed by atoms with E-state index in [0.717, 1.165) is 32.3 Å². The quantitative estimate of drug-likeness (QED) is 0.670. The van der Waals surface area contributed by atoms with E-state index in [9.17, 15) is 9.59 Å². The summed E-state index contributed by atoms with van der Waals surface area (Å²) >= 11 is 0. The number of allylic oxidation sites excluding steroid dienone is 1. The van der Waals surface area contributed by atoms with Gasteiger partial charge in [-0.1, -0.05) is 12.6 Å². The van der Waals surface area contributed by atoms with Crippen LogP contribution >= 0.6 is 0 Å². The van der Waals surface area contributed by atoms with E-state index in [0.29, 0.717) is 54.3 Å². The molecule has 4 aliphatic rings. The first-order valence-corrected chi connectivity index (χ1v) is 12.8. The lowest BCUT2D eigenvalue weighted by atomic mass is 9.90. The first-order chi connectivity index (χ1) is 16.7. The Labute approximate surface area is 206 Å². The summed E-state index contributed by atoms with van der Waals surface area (Å²) in [7, 11) is 0. The number of fused-ring (bicyclic) bond motifs is 1. The molecule has 4 heterocycles. The second-order valence-corrected chi connectivity index (χ2v) is 11.0. The van der Waals surface area contributed by atoms with Crippen LogP contribution < -0.4 is 10.6 Å². The van der Waals surface area contributed by atoms with Crippen molar-refractivity contribution in [2.45, 2.75) is 95.2 Å². The molecule has 7 nitrogen and oxygen atoms in total. The zero-order valence-electron chi connectivity index (χ0n) is 20.7. The van der Waals surface area contributed by atoms with Gasteiger partial charge in [0, 0.05) is 48.5 Å². The molecule has 1 aromatic rings. The van der Waals surface area contributed by atoms with Gasteiger partial charge in [-0.3, -0.25) is 9.59 Å². The maximum Gasteiger partial charge on any atom is 0.255 e. The number of amides is 2. The van der Waals surface area contributed by atoms with Crippen LogP contribution in [0.4, 0.5) is 4.39 Å². The Balaban J connectivity index is 1.29. The number of nitrogens with zero attached hydrogens (tertiary/aromatic N) is 1. The Morgan fingerprint density at radius 2 is 2.06 bits per heavy atom. The van der Waals surface area contributed by atoms with Crippen molar-refractivity contribution in [2.75, 3.05) is 13.2 Å². The van der Waals surface area contributed by atoms with E-state index in [1.165, 1.54) is 4.90 Å². The zero-order chi connectivity index (χ0) is 24.7. The van der Waals surface area contributed by atoms with Crippen LogP contribution in [-0.2, 0) is 27.2 Å². The summed E-state index contributed by atoms with van der Waals surface area (Å²) in [6.07, 6.45) is 5.29. The Hall–Kier alpha value is -2.29. The van der Waals surface area contributed by atoms with Gasteiger partial charge in [0.05, 0.1) is 18.2 Å². The van der Waals surface area contributed by atoms with Crippen LogP contribution in [-0.4, -0.2) is 59.8 Å². The number of piperidine rings is 1. The number of halogens is 1. The summed E-state index contributed by atoms with van der Waals surface area (Å²) in [4.78, 5) is 27.0. The molecule has 1 aromatic carbocycles. The summed E-state index contributed by atoms with van der Waals surface area (Å²) in [6, 6.07) is 3.32. The standard InChI is InChI=1S/C27H36FN3O4/c1-16-6-9-22(25(32)29-16)31-15-20-19(26(31)33)8-7-17(24(20)28)13-23-21(5-4-11-34-23)30-18-10-12-35-27(2,3)14-18/h7-8,18,21-23,30H,1,4-6,9-15H2,2-3H3,(H,29,32)/t18-,21+,22?,23-/m1/s1. The molecule has 0 aliphatic carbocycles. The molecule has 3 fully saturated rings. The third-order valence-electron chi connectivity index (χ3n) is 7.85. The monoisotopic (exact) mass is 485 g/mol. The molecule has 0 aromatic heterocycles. The average molecular weight is 486 g/mol. The lowest BCUT2D eigenvalue weighted by Crippen LogP contribution is -2.53. The van der Waals surface area contributed by atoms with Gasteiger partial charge < -0.3 is 25.0 Å². The second kappa shape index (κ2) is 9.64. The smallest absolute Gasteiger partial charge is 0.255 e. The topological polar surface area (TPSA) is 79.9 Å². The first-order valence-electron chi connectivity index (χ1n) is 12.8. The molecule has 2 amide bonds. The lowest BCUT2D eigenvalue weighted by molar-refractivity contribution is -0.126. The Morgan fingerprint density at radius 1 is 1.23 bits per heavy atom. The van der Waals surface area contributed by atoms with Crippen LogP contribution in [0.5, 0.6) is 0 Å². The van der Waals surface area contributed by atoms with Crippen molar-refractivity contribution in [3.63, 3.8) is 0 Å². The average Bonchev–Trinajstić information content (AvgIpc) is 3.13. The Kier molecular flexibility index (Phi) is 6.72. The number of ether oxygens (including phenoxy) is 2. The molecule has 0 bridgehead atoms. The van der Waals surface area contributed by atoms with Crippen LogP contribution in [0.3, 0.4) is 0 Å². The number of nitrogens with one attached hydrogen (secondary N) is 2. The summed E-state index contributed by atoms with van der Waals surface area (Å²) in [5.41, 5.74) is 1.81. The summed E-state index contributed by atoms with van der Waals surface area (Å²) in [5, 5.41) is 6.50. The van der Waals surface area contributed by atoms with Gasteiger partial charge in [0.2, 0.25) is 5.91 Å². The van der Waals surface area contributed by atoms with E-state index < -0.39 is 6.04 Å². The SMILES string of the molecule is C=C1CCC(N2Cc3c(ccc(C[C@H]4OCCC[C@@H]4N[C@@H]4CCOC(C)(C)C4)c3F)C2=O)C(=O)N1. The van der Waals surface area contributed by atoms with Gasteiger partial charge in [-0.2, -0.15) is 0 Å². The van der Waals surface area contributed by atoms with Crippen molar-refractivity contribution in [3.8, 4) is 0 Å². The molecule has 190 valence electrons. The molecule has 35 heavy (non-hydrogen) atoms. The fourth-order valence-electron chi connectivity index (χ4n) is 6.02. The molecule has 5 rings (SSSR count). The van der Waals surface area contributed by atoms with Gasteiger partial charge in [0.1, 0.15) is 11.9 Å². The molecule has 4 aliphatic heterocycles. The Bertz CT molecular complexity index is 1030. The molecule has 8 heteroatoms. The number of carbonyl (C=O) groups is 2. The van der Waals surface area contributed by atoms with Crippen molar-refractivity contribution in [2.24, 2.45) is 0 Å². The Morgan fingerprint density at radius 3 is 2.83 bits per heavy atom. The number of rotatable bonds is 5. The molecule has 3 saturated heterocycles.